The van der Waals surface area contributed by atoms with Gasteiger partial charge in [-0.05, 0) is 63.1 Å². The molecule has 6 heteroatoms. The van der Waals surface area contributed by atoms with Crippen LogP contribution in [0.5, 0.6) is 5.75 Å². The highest BCUT2D eigenvalue weighted by atomic mass is 32.1. The highest BCUT2D eigenvalue weighted by Gasteiger charge is 2.29. The second kappa shape index (κ2) is 8.78. The number of amides is 1. The van der Waals surface area contributed by atoms with E-state index in [1.54, 1.807) is 0 Å². The molecule has 0 aliphatic heterocycles. The number of thiophene rings is 1. The van der Waals surface area contributed by atoms with E-state index >= 15 is 0 Å². The van der Waals surface area contributed by atoms with Crippen molar-refractivity contribution in [2.24, 2.45) is 0 Å². The van der Waals surface area contributed by atoms with E-state index in [0.29, 0.717) is 22.7 Å². The standard InChI is InChI=1S/C22H27NO4S/c1-5-16(27-17-11-10-13(2)12-14(17)3)20(24)23-21-19(22(25)26-4)15-8-6-7-9-18(15)28-21/h10-12,16H,5-9H2,1-4H3,(H,23,24). The Kier molecular flexibility index (Phi) is 6.39. The molecule has 1 unspecified atom stereocenters. The van der Waals surface area contributed by atoms with Crippen LogP contribution in [0.15, 0.2) is 18.2 Å². The smallest absolute Gasteiger partial charge is 0.341 e. The molecule has 150 valence electrons. The van der Waals surface area contributed by atoms with Gasteiger partial charge in [0.25, 0.3) is 5.91 Å². The zero-order chi connectivity index (χ0) is 20.3. The molecule has 1 heterocycles. The van der Waals surface area contributed by atoms with Gasteiger partial charge in [-0.25, -0.2) is 4.79 Å². The summed E-state index contributed by atoms with van der Waals surface area (Å²) in [6, 6.07) is 5.89. The lowest BCUT2D eigenvalue weighted by Crippen LogP contribution is -2.32. The van der Waals surface area contributed by atoms with Gasteiger partial charge in [0, 0.05) is 4.88 Å². The number of aryl methyl sites for hydroxylation is 3. The van der Waals surface area contributed by atoms with Crippen molar-refractivity contribution in [2.75, 3.05) is 12.4 Å². The second-order valence-corrected chi connectivity index (χ2v) is 8.28. The number of carbonyl (C=O) groups excluding carboxylic acids is 2. The van der Waals surface area contributed by atoms with Gasteiger partial charge in [-0.2, -0.15) is 0 Å². The van der Waals surface area contributed by atoms with Gasteiger partial charge in [0.2, 0.25) is 0 Å². The molecule has 0 radical (unpaired) electrons. The predicted octanol–water partition coefficient (Wildman–Crippen LogP) is 4.83. The van der Waals surface area contributed by atoms with E-state index in [1.807, 2.05) is 39.0 Å². The molecule has 0 saturated heterocycles. The monoisotopic (exact) mass is 401 g/mol. The molecule has 5 nitrogen and oxygen atoms in total. The number of anilines is 1. The summed E-state index contributed by atoms with van der Waals surface area (Å²) in [5.74, 6) is 0.0653. The van der Waals surface area contributed by atoms with E-state index in [0.717, 1.165) is 42.4 Å². The van der Waals surface area contributed by atoms with Gasteiger partial charge in [-0.15, -0.1) is 11.3 Å². The number of ether oxygens (including phenoxy) is 2. The van der Waals surface area contributed by atoms with Gasteiger partial charge in [0.05, 0.1) is 12.7 Å². The summed E-state index contributed by atoms with van der Waals surface area (Å²) >= 11 is 1.48. The summed E-state index contributed by atoms with van der Waals surface area (Å²) in [5, 5.41) is 3.51. The summed E-state index contributed by atoms with van der Waals surface area (Å²) in [6.07, 6.45) is 3.84. The first kappa shape index (κ1) is 20.4. The maximum atomic E-state index is 12.9. The second-order valence-electron chi connectivity index (χ2n) is 7.18. The van der Waals surface area contributed by atoms with Gasteiger partial charge >= 0.3 is 5.97 Å². The molecule has 0 bridgehead atoms. The van der Waals surface area contributed by atoms with Crippen LogP contribution in [0.4, 0.5) is 5.00 Å². The van der Waals surface area contributed by atoms with E-state index in [9.17, 15) is 9.59 Å². The molecule has 0 saturated carbocycles. The minimum Gasteiger partial charge on any atom is -0.480 e. The Hall–Kier alpha value is -2.34. The molecule has 1 aromatic carbocycles. The van der Waals surface area contributed by atoms with Gasteiger partial charge in [0.15, 0.2) is 6.10 Å². The number of benzene rings is 1. The molecular weight excluding hydrogens is 374 g/mol. The lowest BCUT2D eigenvalue weighted by atomic mass is 9.95. The largest absolute Gasteiger partial charge is 0.480 e. The molecule has 3 rings (SSSR count). The topological polar surface area (TPSA) is 64.6 Å². The molecule has 1 aromatic heterocycles. The number of hydrogen-bond donors (Lipinski definition) is 1. The third-order valence-corrected chi connectivity index (χ3v) is 6.27. The SMILES string of the molecule is CCC(Oc1ccc(C)cc1C)C(=O)Nc1sc2c(c1C(=O)OC)CCCC2. The normalized spacial score (nSPS) is 14.1. The molecule has 1 N–H and O–H groups in total. The van der Waals surface area contributed by atoms with Crippen molar-refractivity contribution in [3.05, 3.63) is 45.3 Å². The van der Waals surface area contributed by atoms with Crippen molar-refractivity contribution in [1.29, 1.82) is 0 Å². The first-order valence-electron chi connectivity index (χ1n) is 9.72. The van der Waals surface area contributed by atoms with Crippen LogP contribution in [0, 0.1) is 13.8 Å². The van der Waals surface area contributed by atoms with E-state index in [1.165, 1.54) is 23.3 Å². The van der Waals surface area contributed by atoms with Crippen molar-refractivity contribution >= 4 is 28.2 Å². The van der Waals surface area contributed by atoms with E-state index in [-0.39, 0.29) is 5.91 Å². The van der Waals surface area contributed by atoms with Crippen molar-refractivity contribution in [2.45, 2.75) is 59.0 Å². The van der Waals surface area contributed by atoms with Crippen molar-refractivity contribution < 1.29 is 19.1 Å². The number of carbonyl (C=O) groups is 2. The minimum absolute atomic E-state index is 0.244. The molecule has 2 aromatic rings. The Labute approximate surface area is 170 Å². The minimum atomic E-state index is -0.633. The molecular formula is C22H27NO4S. The lowest BCUT2D eigenvalue weighted by Gasteiger charge is -2.19. The fourth-order valence-corrected chi connectivity index (χ4v) is 4.85. The zero-order valence-corrected chi connectivity index (χ0v) is 17.7. The fraction of sp³-hybridized carbons (Fsp3) is 0.455. The average molecular weight is 402 g/mol. The van der Waals surface area contributed by atoms with Gasteiger partial charge in [0.1, 0.15) is 10.8 Å². The number of esters is 1. The van der Waals surface area contributed by atoms with Crippen LogP contribution >= 0.6 is 11.3 Å². The summed E-state index contributed by atoms with van der Waals surface area (Å²) in [5.41, 5.74) is 3.68. The number of nitrogens with one attached hydrogen (secondary N) is 1. The van der Waals surface area contributed by atoms with Gasteiger partial charge < -0.3 is 14.8 Å². The Morgan fingerprint density at radius 2 is 1.96 bits per heavy atom. The first-order chi connectivity index (χ1) is 13.4. The number of rotatable bonds is 6. The number of fused-ring (bicyclic) bond motifs is 1. The van der Waals surface area contributed by atoms with E-state index < -0.39 is 12.1 Å². The predicted molar refractivity (Wildman–Crippen MR) is 112 cm³/mol. The zero-order valence-electron chi connectivity index (χ0n) is 16.9. The lowest BCUT2D eigenvalue weighted by molar-refractivity contribution is -0.122. The quantitative estimate of drug-likeness (QED) is 0.705. The van der Waals surface area contributed by atoms with E-state index in [2.05, 4.69) is 5.32 Å². The molecule has 1 atom stereocenters. The Morgan fingerprint density at radius 1 is 1.21 bits per heavy atom. The Bertz CT molecular complexity index is 887. The fourth-order valence-electron chi connectivity index (χ4n) is 3.57. The van der Waals surface area contributed by atoms with Crippen LogP contribution in [0.25, 0.3) is 0 Å². The molecule has 0 fully saturated rings. The maximum absolute atomic E-state index is 12.9. The third kappa shape index (κ3) is 4.22. The van der Waals surface area contributed by atoms with Crippen LogP contribution in [-0.2, 0) is 22.4 Å². The summed E-state index contributed by atoms with van der Waals surface area (Å²) in [4.78, 5) is 26.4. The molecule has 0 spiro atoms. The molecule has 1 aliphatic rings. The summed E-state index contributed by atoms with van der Waals surface area (Å²) in [6.45, 7) is 5.90. The maximum Gasteiger partial charge on any atom is 0.341 e. The molecule has 28 heavy (non-hydrogen) atoms. The van der Waals surface area contributed by atoms with Crippen LogP contribution in [0.3, 0.4) is 0 Å². The third-order valence-electron chi connectivity index (χ3n) is 5.06. The average Bonchev–Trinajstić information content (AvgIpc) is 3.04. The van der Waals surface area contributed by atoms with Crippen molar-refractivity contribution in [3.63, 3.8) is 0 Å². The Morgan fingerprint density at radius 3 is 2.64 bits per heavy atom. The highest BCUT2D eigenvalue weighted by Crippen LogP contribution is 2.38. The van der Waals surface area contributed by atoms with Crippen molar-refractivity contribution in [3.8, 4) is 5.75 Å². The number of hydrogen-bond acceptors (Lipinski definition) is 5. The van der Waals surface area contributed by atoms with Crippen LogP contribution in [-0.4, -0.2) is 25.1 Å². The molecule has 1 amide bonds. The Balaban J connectivity index is 1.82. The summed E-state index contributed by atoms with van der Waals surface area (Å²) < 4.78 is 11.0. The first-order valence-corrected chi connectivity index (χ1v) is 10.5. The van der Waals surface area contributed by atoms with Gasteiger partial charge in [-0.1, -0.05) is 24.6 Å². The highest BCUT2D eigenvalue weighted by molar-refractivity contribution is 7.17. The van der Waals surface area contributed by atoms with Crippen LogP contribution < -0.4 is 10.1 Å². The number of methoxy groups -OCH3 is 1. The van der Waals surface area contributed by atoms with Crippen LogP contribution in [0.1, 0.15) is 58.1 Å². The van der Waals surface area contributed by atoms with E-state index in [4.69, 9.17) is 9.47 Å². The summed E-state index contributed by atoms with van der Waals surface area (Å²) in [7, 11) is 1.37. The van der Waals surface area contributed by atoms with Gasteiger partial charge in [-0.3, -0.25) is 4.79 Å². The molecule has 1 aliphatic carbocycles. The van der Waals surface area contributed by atoms with Crippen LogP contribution in [0.2, 0.25) is 0 Å². The van der Waals surface area contributed by atoms with Crippen molar-refractivity contribution in [1.82, 2.24) is 0 Å².